The van der Waals surface area contributed by atoms with Crippen molar-refractivity contribution in [2.24, 2.45) is 5.92 Å². The third kappa shape index (κ3) is 3.12. The van der Waals surface area contributed by atoms with Crippen LogP contribution in [0.25, 0.3) is 0 Å². The van der Waals surface area contributed by atoms with Crippen molar-refractivity contribution in [3.05, 3.63) is 47.8 Å². The molecule has 0 aliphatic rings. The van der Waals surface area contributed by atoms with Crippen LogP contribution < -0.4 is 0 Å². The Hall–Kier alpha value is -1.71. The minimum atomic E-state index is -0.211. The van der Waals surface area contributed by atoms with Crippen molar-refractivity contribution in [1.82, 2.24) is 14.8 Å². The number of benzene rings is 1. The van der Waals surface area contributed by atoms with Crippen LogP contribution in [-0.2, 0) is 13.0 Å². The summed E-state index contributed by atoms with van der Waals surface area (Å²) in [7, 11) is 0. The van der Waals surface area contributed by atoms with Crippen molar-refractivity contribution < 1.29 is 4.39 Å². The van der Waals surface area contributed by atoms with E-state index >= 15 is 0 Å². The summed E-state index contributed by atoms with van der Waals surface area (Å²) in [6.45, 7) is 5.18. The summed E-state index contributed by atoms with van der Waals surface area (Å²) in [5.74, 6) is 1.21. The van der Waals surface area contributed by atoms with E-state index in [1.807, 2.05) is 10.6 Å². The Balaban J connectivity index is 2.16. The van der Waals surface area contributed by atoms with Crippen LogP contribution in [-0.4, -0.2) is 14.8 Å². The maximum atomic E-state index is 13.1. The highest BCUT2D eigenvalue weighted by Crippen LogP contribution is 2.10. The molecule has 0 atom stereocenters. The molecule has 2 aromatic rings. The molecular formula is C13H16FN3. The topological polar surface area (TPSA) is 30.7 Å². The first kappa shape index (κ1) is 11.8. The van der Waals surface area contributed by atoms with Crippen LogP contribution in [0.15, 0.2) is 30.6 Å². The summed E-state index contributed by atoms with van der Waals surface area (Å²) in [4.78, 5) is 0. The minimum absolute atomic E-state index is 0.211. The van der Waals surface area contributed by atoms with Crippen LogP contribution >= 0.6 is 0 Å². The van der Waals surface area contributed by atoms with E-state index < -0.39 is 0 Å². The molecule has 0 amide bonds. The summed E-state index contributed by atoms with van der Waals surface area (Å²) in [5, 5.41) is 8.00. The summed E-state index contributed by atoms with van der Waals surface area (Å²) in [6.07, 6.45) is 2.35. The van der Waals surface area contributed by atoms with Gasteiger partial charge in [-0.1, -0.05) is 26.0 Å². The predicted molar refractivity (Wildman–Crippen MR) is 64.1 cm³/mol. The molecule has 17 heavy (non-hydrogen) atoms. The number of halogens is 1. The van der Waals surface area contributed by atoms with Crippen molar-refractivity contribution >= 4 is 0 Å². The van der Waals surface area contributed by atoms with E-state index in [2.05, 4.69) is 24.0 Å². The third-order valence-electron chi connectivity index (χ3n) is 2.51. The third-order valence-corrected chi connectivity index (χ3v) is 2.51. The molecule has 2 rings (SSSR count). The first-order valence-electron chi connectivity index (χ1n) is 5.76. The molecule has 0 aliphatic heterocycles. The van der Waals surface area contributed by atoms with Crippen LogP contribution in [0, 0.1) is 11.7 Å². The molecule has 1 aromatic heterocycles. The Kier molecular flexibility index (Phi) is 3.52. The highest BCUT2D eigenvalue weighted by Gasteiger charge is 2.07. The van der Waals surface area contributed by atoms with E-state index in [0.29, 0.717) is 12.3 Å². The number of aromatic nitrogens is 3. The summed E-state index contributed by atoms with van der Waals surface area (Å²) in [6, 6.07) is 6.60. The zero-order valence-corrected chi connectivity index (χ0v) is 10.1. The van der Waals surface area contributed by atoms with E-state index in [1.54, 1.807) is 12.4 Å². The fourth-order valence-corrected chi connectivity index (χ4v) is 1.79. The molecule has 0 saturated heterocycles. The van der Waals surface area contributed by atoms with Crippen LogP contribution in [0.1, 0.15) is 25.2 Å². The second-order valence-electron chi connectivity index (χ2n) is 4.60. The lowest BCUT2D eigenvalue weighted by Gasteiger charge is -2.08. The Morgan fingerprint density at radius 3 is 2.88 bits per heavy atom. The molecule has 0 aliphatic carbocycles. The van der Waals surface area contributed by atoms with Gasteiger partial charge in [-0.15, -0.1) is 10.2 Å². The average Bonchev–Trinajstić information content (AvgIpc) is 2.65. The molecule has 1 aromatic carbocycles. The fraction of sp³-hybridized carbons (Fsp3) is 0.385. The standard InChI is InChI=1S/C13H16FN3/c1-10(2)8-17-9-15-16-13(17)7-11-4-3-5-12(14)6-11/h3-6,9-10H,7-8H2,1-2H3. The van der Waals surface area contributed by atoms with Crippen molar-refractivity contribution in [3.63, 3.8) is 0 Å². The molecular weight excluding hydrogens is 217 g/mol. The molecule has 0 spiro atoms. The van der Waals surface area contributed by atoms with Gasteiger partial charge in [0, 0.05) is 13.0 Å². The highest BCUT2D eigenvalue weighted by molar-refractivity contribution is 5.19. The molecule has 0 bridgehead atoms. The molecule has 0 N–H and O–H groups in total. The highest BCUT2D eigenvalue weighted by atomic mass is 19.1. The van der Waals surface area contributed by atoms with Gasteiger partial charge in [-0.25, -0.2) is 4.39 Å². The smallest absolute Gasteiger partial charge is 0.137 e. The Morgan fingerprint density at radius 1 is 1.35 bits per heavy atom. The maximum absolute atomic E-state index is 13.1. The summed E-state index contributed by atoms with van der Waals surface area (Å²) in [5.41, 5.74) is 0.919. The number of hydrogen-bond acceptors (Lipinski definition) is 2. The minimum Gasteiger partial charge on any atom is -0.317 e. The van der Waals surface area contributed by atoms with Crippen molar-refractivity contribution in [2.45, 2.75) is 26.8 Å². The molecule has 0 fully saturated rings. The van der Waals surface area contributed by atoms with Gasteiger partial charge >= 0.3 is 0 Å². The van der Waals surface area contributed by atoms with Crippen molar-refractivity contribution in [1.29, 1.82) is 0 Å². The SMILES string of the molecule is CC(C)Cn1cnnc1Cc1cccc(F)c1. The second kappa shape index (κ2) is 5.08. The monoisotopic (exact) mass is 233 g/mol. The maximum Gasteiger partial charge on any atom is 0.137 e. The number of rotatable bonds is 4. The van der Waals surface area contributed by atoms with Crippen LogP contribution in [0.2, 0.25) is 0 Å². The van der Waals surface area contributed by atoms with Crippen molar-refractivity contribution in [3.8, 4) is 0 Å². The van der Waals surface area contributed by atoms with Crippen LogP contribution in [0.3, 0.4) is 0 Å². The molecule has 4 heteroatoms. The lowest BCUT2D eigenvalue weighted by Crippen LogP contribution is -2.08. The van der Waals surface area contributed by atoms with Crippen LogP contribution in [0.5, 0.6) is 0 Å². The first-order valence-corrected chi connectivity index (χ1v) is 5.76. The van der Waals surface area contributed by atoms with E-state index in [-0.39, 0.29) is 5.82 Å². The Labute approximate surface area is 100 Å². The Bertz CT molecular complexity index is 491. The quantitative estimate of drug-likeness (QED) is 0.812. The molecule has 0 unspecified atom stereocenters. The predicted octanol–water partition coefficient (Wildman–Crippen LogP) is 2.66. The van der Waals surface area contributed by atoms with Gasteiger partial charge in [-0.2, -0.15) is 0 Å². The molecule has 90 valence electrons. The molecule has 0 saturated carbocycles. The van der Waals surface area contributed by atoms with Gasteiger partial charge in [0.15, 0.2) is 0 Å². The Morgan fingerprint density at radius 2 is 2.18 bits per heavy atom. The van der Waals surface area contributed by atoms with Crippen molar-refractivity contribution in [2.75, 3.05) is 0 Å². The van der Waals surface area contributed by atoms with Gasteiger partial charge in [0.2, 0.25) is 0 Å². The number of nitrogens with zero attached hydrogens (tertiary/aromatic N) is 3. The van der Waals surface area contributed by atoms with Crippen LogP contribution in [0.4, 0.5) is 4.39 Å². The molecule has 0 radical (unpaired) electrons. The van der Waals surface area contributed by atoms with E-state index in [0.717, 1.165) is 17.9 Å². The van der Waals surface area contributed by atoms with Gasteiger partial charge in [0.05, 0.1) is 0 Å². The zero-order chi connectivity index (χ0) is 12.3. The lowest BCUT2D eigenvalue weighted by atomic mass is 10.1. The largest absolute Gasteiger partial charge is 0.317 e. The van der Waals surface area contributed by atoms with Gasteiger partial charge in [-0.3, -0.25) is 0 Å². The van der Waals surface area contributed by atoms with Gasteiger partial charge in [0.1, 0.15) is 18.0 Å². The lowest BCUT2D eigenvalue weighted by molar-refractivity contribution is 0.509. The number of hydrogen-bond donors (Lipinski definition) is 0. The fourth-order valence-electron chi connectivity index (χ4n) is 1.79. The van der Waals surface area contributed by atoms with E-state index in [9.17, 15) is 4.39 Å². The van der Waals surface area contributed by atoms with E-state index in [4.69, 9.17) is 0 Å². The van der Waals surface area contributed by atoms with Gasteiger partial charge < -0.3 is 4.57 Å². The second-order valence-corrected chi connectivity index (χ2v) is 4.60. The summed E-state index contributed by atoms with van der Waals surface area (Å²) >= 11 is 0. The van der Waals surface area contributed by atoms with E-state index in [1.165, 1.54) is 12.1 Å². The normalized spacial score (nSPS) is 11.1. The first-order chi connectivity index (χ1) is 8.15. The van der Waals surface area contributed by atoms with Gasteiger partial charge in [-0.05, 0) is 23.6 Å². The zero-order valence-electron chi connectivity index (χ0n) is 10.1. The molecule has 1 heterocycles. The summed E-state index contributed by atoms with van der Waals surface area (Å²) < 4.78 is 15.1. The van der Waals surface area contributed by atoms with Gasteiger partial charge in [0.25, 0.3) is 0 Å². The average molecular weight is 233 g/mol. The molecule has 3 nitrogen and oxygen atoms in total.